The van der Waals surface area contributed by atoms with E-state index in [-0.39, 0.29) is 11.7 Å². The molecule has 2 aromatic carbocycles. The molecule has 3 nitrogen and oxygen atoms in total. The predicted molar refractivity (Wildman–Crippen MR) is 88.8 cm³/mol. The molecule has 1 heterocycles. The maximum Gasteiger partial charge on any atom is 0.240 e. The Balaban J connectivity index is 1.69. The van der Waals surface area contributed by atoms with Gasteiger partial charge in [-0.2, -0.15) is 0 Å². The van der Waals surface area contributed by atoms with Gasteiger partial charge >= 0.3 is 0 Å². The minimum absolute atomic E-state index is 0.173. The summed E-state index contributed by atoms with van der Waals surface area (Å²) >= 11 is 12.0. The summed E-state index contributed by atoms with van der Waals surface area (Å²) in [4.78, 5) is 14.2. The number of nitrogens with zero attached hydrogens (tertiary/aromatic N) is 1. The van der Waals surface area contributed by atoms with E-state index in [1.54, 1.807) is 29.2 Å². The van der Waals surface area contributed by atoms with Crippen LogP contribution in [0.2, 0.25) is 10.0 Å². The molecule has 1 atom stereocenters. The summed E-state index contributed by atoms with van der Waals surface area (Å²) in [5.41, 5.74) is 8.61. The number of benzene rings is 2. The van der Waals surface area contributed by atoms with E-state index in [1.165, 1.54) is 12.1 Å². The quantitative estimate of drug-likeness (QED) is 0.918. The topological polar surface area (TPSA) is 46.3 Å². The zero-order valence-corrected chi connectivity index (χ0v) is 13.7. The van der Waals surface area contributed by atoms with Crippen LogP contribution in [-0.4, -0.2) is 16.8 Å². The standard InChI is InChI=1S/C17H15Cl2FN2O/c18-13-3-1-10(15(19)7-13)6-16(21)17(23)22-8-11-2-4-14(20)5-12(11)9-22/h1-5,7,16H,6,8-9,21H2. The van der Waals surface area contributed by atoms with E-state index in [9.17, 15) is 9.18 Å². The third kappa shape index (κ3) is 3.50. The van der Waals surface area contributed by atoms with Crippen molar-refractivity contribution < 1.29 is 9.18 Å². The highest BCUT2D eigenvalue weighted by Gasteiger charge is 2.27. The molecule has 23 heavy (non-hydrogen) atoms. The van der Waals surface area contributed by atoms with Gasteiger partial charge in [0.15, 0.2) is 0 Å². The number of carbonyl (C=O) groups excluding carboxylic acids is 1. The monoisotopic (exact) mass is 352 g/mol. The van der Waals surface area contributed by atoms with Crippen LogP contribution in [0.3, 0.4) is 0 Å². The Morgan fingerprint density at radius 1 is 1.17 bits per heavy atom. The van der Waals surface area contributed by atoms with Crippen LogP contribution in [0.15, 0.2) is 36.4 Å². The van der Waals surface area contributed by atoms with Crippen LogP contribution < -0.4 is 5.73 Å². The highest BCUT2D eigenvalue weighted by molar-refractivity contribution is 6.35. The molecule has 0 aliphatic carbocycles. The summed E-state index contributed by atoms with van der Waals surface area (Å²) in [6, 6.07) is 8.99. The Kier molecular flexibility index (Phi) is 4.57. The predicted octanol–water partition coefficient (Wildman–Crippen LogP) is 3.54. The Morgan fingerprint density at radius 2 is 1.91 bits per heavy atom. The molecule has 0 radical (unpaired) electrons. The van der Waals surface area contributed by atoms with E-state index < -0.39 is 6.04 Å². The molecule has 2 aromatic rings. The van der Waals surface area contributed by atoms with Gasteiger partial charge in [-0.15, -0.1) is 0 Å². The molecular weight excluding hydrogens is 338 g/mol. The number of fused-ring (bicyclic) bond motifs is 1. The first kappa shape index (κ1) is 16.2. The van der Waals surface area contributed by atoms with Gasteiger partial charge in [0, 0.05) is 23.1 Å². The third-order valence-corrected chi connectivity index (χ3v) is 4.56. The van der Waals surface area contributed by atoms with E-state index in [0.717, 1.165) is 16.7 Å². The van der Waals surface area contributed by atoms with E-state index >= 15 is 0 Å². The van der Waals surface area contributed by atoms with Crippen LogP contribution in [0, 0.1) is 5.82 Å². The number of hydrogen-bond acceptors (Lipinski definition) is 2. The number of halogens is 3. The van der Waals surface area contributed by atoms with Crippen molar-refractivity contribution in [3.63, 3.8) is 0 Å². The zero-order chi connectivity index (χ0) is 16.6. The molecule has 0 fully saturated rings. The van der Waals surface area contributed by atoms with Crippen molar-refractivity contribution in [2.24, 2.45) is 5.73 Å². The van der Waals surface area contributed by atoms with Crippen LogP contribution >= 0.6 is 23.2 Å². The summed E-state index contributed by atoms with van der Waals surface area (Å²) in [5, 5.41) is 1.03. The lowest BCUT2D eigenvalue weighted by Gasteiger charge is -2.20. The van der Waals surface area contributed by atoms with Crippen molar-refractivity contribution in [3.8, 4) is 0 Å². The molecule has 120 valence electrons. The van der Waals surface area contributed by atoms with Crippen molar-refractivity contribution in [2.75, 3.05) is 0 Å². The number of amides is 1. The first-order valence-electron chi connectivity index (χ1n) is 7.19. The average Bonchev–Trinajstić information content (AvgIpc) is 2.92. The van der Waals surface area contributed by atoms with Crippen molar-refractivity contribution in [1.82, 2.24) is 4.90 Å². The van der Waals surface area contributed by atoms with Gasteiger partial charge < -0.3 is 10.6 Å². The molecule has 1 amide bonds. The molecule has 0 aromatic heterocycles. The summed E-state index contributed by atoms with van der Waals surface area (Å²) < 4.78 is 13.3. The lowest BCUT2D eigenvalue weighted by molar-refractivity contribution is -0.133. The average molecular weight is 353 g/mol. The Labute approximate surface area is 143 Å². The molecule has 1 aliphatic rings. The van der Waals surface area contributed by atoms with Crippen LogP contribution in [0.4, 0.5) is 4.39 Å². The van der Waals surface area contributed by atoms with Gasteiger partial charge in [-0.25, -0.2) is 4.39 Å². The molecule has 0 saturated carbocycles. The molecule has 1 aliphatic heterocycles. The maximum atomic E-state index is 13.3. The third-order valence-electron chi connectivity index (χ3n) is 3.97. The fourth-order valence-electron chi connectivity index (χ4n) is 2.76. The van der Waals surface area contributed by atoms with Crippen molar-refractivity contribution in [3.05, 3.63) is 69.0 Å². The molecule has 0 spiro atoms. The minimum atomic E-state index is -0.701. The lowest BCUT2D eigenvalue weighted by Crippen LogP contribution is -2.42. The minimum Gasteiger partial charge on any atom is -0.333 e. The molecule has 3 rings (SSSR count). The number of carbonyl (C=O) groups is 1. The van der Waals surface area contributed by atoms with Crippen LogP contribution in [-0.2, 0) is 24.3 Å². The number of hydrogen-bond donors (Lipinski definition) is 1. The van der Waals surface area contributed by atoms with Crippen LogP contribution in [0.1, 0.15) is 16.7 Å². The first-order chi connectivity index (χ1) is 10.9. The van der Waals surface area contributed by atoms with Crippen molar-refractivity contribution >= 4 is 29.1 Å². The van der Waals surface area contributed by atoms with E-state index in [2.05, 4.69) is 0 Å². The second kappa shape index (κ2) is 6.48. The molecule has 2 N–H and O–H groups in total. The first-order valence-corrected chi connectivity index (χ1v) is 7.95. The van der Waals surface area contributed by atoms with Crippen LogP contribution in [0.5, 0.6) is 0 Å². The number of rotatable bonds is 3. The molecular formula is C17H15Cl2FN2O. The maximum absolute atomic E-state index is 13.3. The van der Waals surface area contributed by atoms with Gasteiger partial charge in [0.1, 0.15) is 5.82 Å². The highest BCUT2D eigenvalue weighted by atomic mass is 35.5. The Bertz CT molecular complexity index is 766. The molecule has 6 heteroatoms. The van der Waals surface area contributed by atoms with E-state index in [4.69, 9.17) is 28.9 Å². The van der Waals surface area contributed by atoms with Gasteiger partial charge in [0.25, 0.3) is 0 Å². The molecule has 0 saturated heterocycles. The normalized spacial score (nSPS) is 14.7. The van der Waals surface area contributed by atoms with Crippen LogP contribution in [0.25, 0.3) is 0 Å². The van der Waals surface area contributed by atoms with Gasteiger partial charge in [0.2, 0.25) is 5.91 Å². The van der Waals surface area contributed by atoms with Crippen molar-refractivity contribution in [1.29, 1.82) is 0 Å². The zero-order valence-electron chi connectivity index (χ0n) is 12.2. The SMILES string of the molecule is NC(Cc1ccc(Cl)cc1Cl)C(=O)N1Cc2ccc(F)cc2C1. The van der Waals surface area contributed by atoms with E-state index in [1.807, 2.05) is 0 Å². The van der Waals surface area contributed by atoms with Gasteiger partial charge in [-0.1, -0.05) is 35.3 Å². The smallest absolute Gasteiger partial charge is 0.240 e. The highest BCUT2D eigenvalue weighted by Crippen LogP contribution is 2.25. The van der Waals surface area contributed by atoms with Gasteiger partial charge in [-0.05, 0) is 47.4 Å². The lowest BCUT2D eigenvalue weighted by atomic mass is 10.1. The second-order valence-electron chi connectivity index (χ2n) is 5.65. The summed E-state index contributed by atoms with van der Waals surface area (Å²) in [5.74, 6) is -0.470. The van der Waals surface area contributed by atoms with E-state index in [0.29, 0.717) is 29.6 Å². The summed E-state index contributed by atoms with van der Waals surface area (Å²) in [6.45, 7) is 0.838. The fourth-order valence-corrected chi connectivity index (χ4v) is 3.25. The second-order valence-corrected chi connectivity index (χ2v) is 6.50. The number of nitrogens with two attached hydrogens (primary N) is 1. The fraction of sp³-hybridized carbons (Fsp3) is 0.235. The van der Waals surface area contributed by atoms with Gasteiger partial charge in [0.05, 0.1) is 6.04 Å². The Morgan fingerprint density at radius 3 is 2.65 bits per heavy atom. The largest absolute Gasteiger partial charge is 0.333 e. The van der Waals surface area contributed by atoms with Gasteiger partial charge in [-0.3, -0.25) is 4.79 Å². The van der Waals surface area contributed by atoms with Crippen molar-refractivity contribution in [2.45, 2.75) is 25.6 Å². The Hall–Kier alpha value is -1.62. The summed E-state index contributed by atoms with van der Waals surface area (Å²) in [6.07, 6.45) is 0.329. The summed E-state index contributed by atoms with van der Waals surface area (Å²) in [7, 11) is 0. The molecule has 0 bridgehead atoms. The molecule has 1 unspecified atom stereocenters.